The number of anilines is 9. The topological polar surface area (TPSA) is 9.72 Å². The van der Waals surface area contributed by atoms with E-state index in [9.17, 15) is 0 Å². The molecule has 0 atom stereocenters. The Morgan fingerprint density at radius 3 is 0.554 bits per heavy atom. The maximum atomic E-state index is 2.39. The molecule has 0 saturated heterocycles. The van der Waals surface area contributed by atoms with Gasteiger partial charge in [0.05, 0.1) is 0 Å². The zero-order chi connectivity index (χ0) is 98.4. The zero-order valence-electron chi connectivity index (χ0n) is 81.1. The van der Waals surface area contributed by atoms with Gasteiger partial charge in [-0.3, -0.25) is 0 Å². The lowest BCUT2D eigenvalue weighted by atomic mass is 9.94. The van der Waals surface area contributed by atoms with Crippen molar-refractivity contribution in [2.75, 3.05) is 14.7 Å². The molecule has 3 aromatic heterocycles. The first-order chi connectivity index (χ1) is 73.3. The first-order valence-electron chi connectivity index (χ1n) is 50.4. The Bertz CT molecular complexity index is 9300. The van der Waals surface area contributed by atoms with Crippen molar-refractivity contribution in [1.29, 1.82) is 0 Å². The fourth-order valence-electron chi connectivity index (χ4n) is 20.7. The van der Waals surface area contributed by atoms with Crippen molar-refractivity contribution in [1.82, 2.24) is 0 Å². The van der Waals surface area contributed by atoms with E-state index in [-0.39, 0.29) is 0 Å². The second-order valence-electron chi connectivity index (χ2n) is 37.3. The molecule has 0 N–H and O–H groups in total. The molecule has 24 aromatic carbocycles. The lowest BCUT2D eigenvalue weighted by Gasteiger charge is -2.26. The number of benzene rings is 24. The third-order valence-corrected chi connectivity index (χ3v) is 31.9. The number of thiophene rings is 3. The summed E-state index contributed by atoms with van der Waals surface area (Å²) < 4.78 is 7.90. The van der Waals surface area contributed by atoms with Crippen molar-refractivity contribution in [3.63, 3.8) is 0 Å². The predicted molar refractivity (Wildman–Crippen MR) is 639 cm³/mol. The summed E-state index contributed by atoms with van der Waals surface area (Å²) in [6, 6.07) is 212. The van der Waals surface area contributed by atoms with Crippen molar-refractivity contribution in [2.45, 2.75) is 0 Å². The molecule has 0 spiro atoms. The Hall–Kier alpha value is -18.4. The largest absolute Gasteiger partial charge is 0.311 e. The molecular weight excluding hydrogens is 1840 g/mol. The van der Waals surface area contributed by atoms with Crippen LogP contribution in [0.2, 0.25) is 0 Å². The summed E-state index contributed by atoms with van der Waals surface area (Å²) in [7, 11) is 0. The normalized spacial score (nSPS) is 11.2. The SMILES string of the molecule is c1ccc(-c2ccc(-c3cc(-c4ccc(N(c5ccccc5)c5ccc(-c6ccccc6)cc5)cc4)c4sc5ccccc5c4c3)cc2)cc1.c1ccc(-c2ccc(-c3cc(-c4ccc(N(c5ccccc5)c5ccccc5)cc4)c4sc5ccccc5c4c3)cc2)cc1.c1ccc(-c2ccc(-c3ccc(N(c4ccccc4)c4ccc(-c5cc(-c6ccc7ccccc7c6)cc6c5sc5ccccc56)cc4)cc3)cc2)cc1. The van der Waals surface area contributed by atoms with Gasteiger partial charge in [0.2, 0.25) is 0 Å². The van der Waals surface area contributed by atoms with E-state index < -0.39 is 0 Å². The van der Waals surface area contributed by atoms with Gasteiger partial charge in [-0.05, 0) is 286 Å². The maximum Gasteiger partial charge on any atom is 0.0462 e. The summed E-state index contributed by atoms with van der Waals surface area (Å²) in [6.45, 7) is 0. The predicted octanol–water partition coefficient (Wildman–Crippen LogP) is 42.1. The summed E-state index contributed by atoms with van der Waals surface area (Å²) >= 11 is 5.64. The quantitative estimate of drug-likeness (QED) is 0.0753. The van der Waals surface area contributed by atoms with Gasteiger partial charge in [0.1, 0.15) is 0 Å². The summed E-state index contributed by atoms with van der Waals surface area (Å²) in [5.41, 5.74) is 37.1. The van der Waals surface area contributed by atoms with Gasteiger partial charge in [0.15, 0.2) is 0 Å². The first-order valence-corrected chi connectivity index (χ1v) is 52.8. The summed E-state index contributed by atoms with van der Waals surface area (Å²) in [5, 5.41) is 10.4. The van der Waals surface area contributed by atoms with Crippen LogP contribution in [-0.4, -0.2) is 0 Å². The van der Waals surface area contributed by atoms with Crippen LogP contribution in [0.3, 0.4) is 0 Å². The lowest BCUT2D eigenvalue weighted by Crippen LogP contribution is -2.09. The molecule has 27 rings (SSSR count). The van der Waals surface area contributed by atoms with Crippen molar-refractivity contribution < 1.29 is 0 Å². The summed E-state index contributed by atoms with van der Waals surface area (Å²) in [4.78, 5) is 6.98. The molecule has 698 valence electrons. The van der Waals surface area contributed by atoms with E-state index in [0.29, 0.717) is 0 Å². The molecule has 0 amide bonds. The zero-order valence-corrected chi connectivity index (χ0v) is 83.5. The van der Waals surface area contributed by atoms with Gasteiger partial charge in [-0.25, -0.2) is 0 Å². The van der Waals surface area contributed by atoms with Crippen molar-refractivity contribution >= 4 is 156 Å². The van der Waals surface area contributed by atoms with E-state index in [0.717, 1.165) is 51.2 Å². The van der Waals surface area contributed by atoms with Crippen LogP contribution >= 0.6 is 34.0 Å². The Morgan fingerprint density at radius 1 is 0.108 bits per heavy atom. The number of hydrogen-bond acceptors (Lipinski definition) is 6. The van der Waals surface area contributed by atoms with Crippen LogP contribution in [0.5, 0.6) is 0 Å². The molecule has 3 heterocycles. The highest BCUT2D eigenvalue weighted by molar-refractivity contribution is 7.27. The number of rotatable bonds is 20. The molecule has 0 bridgehead atoms. The molecular formula is C142H97N3S3. The molecule has 0 unspecified atom stereocenters. The van der Waals surface area contributed by atoms with Gasteiger partial charge in [-0.2, -0.15) is 0 Å². The van der Waals surface area contributed by atoms with E-state index in [1.54, 1.807) is 0 Å². The molecule has 0 aliphatic rings. The highest BCUT2D eigenvalue weighted by Crippen LogP contribution is 2.51. The number of nitrogens with zero attached hydrogens (tertiary/aromatic N) is 3. The minimum Gasteiger partial charge on any atom is -0.311 e. The van der Waals surface area contributed by atoms with Crippen LogP contribution in [0, 0.1) is 0 Å². The number of fused-ring (bicyclic) bond motifs is 10. The van der Waals surface area contributed by atoms with Crippen LogP contribution in [0.25, 0.3) is 194 Å². The van der Waals surface area contributed by atoms with Gasteiger partial charge >= 0.3 is 0 Å². The minimum atomic E-state index is 1.11. The van der Waals surface area contributed by atoms with Crippen molar-refractivity contribution in [2.24, 2.45) is 0 Å². The van der Waals surface area contributed by atoms with Crippen LogP contribution < -0.4 is 14.7 Å². The van der Waals surface area contributed by atoms with E-state index in [4.69, 9.17) is 0 Å². The molecule has 0 radical (unpaired) electrons. The summed E-state index contributed by atoms with van der Waals surface area (Å²) in [5.74, 6) is 0. The van der Waals surface area contributed by atoms with Crippen LogP contribution in [0.4, 0.5) is 51.2 Å². The fourth-order valence-corrected chi connectivity index (χ4v) is 24.4. The molecule has 6 heteroatoms. The van der Waals surface area contributed by atoms with Gasteiger partial charge in [-0.15, -0.1) is 34.0 Å². The molecule has 0 fully saturated rings. The third kappa shape index (κ3) is 18.7. The average Bonchev–Trinajstić information content (AvgIpc) is 1.60. The van der Waals surface area contributed by atoms with E-state index in [1.165, 1.54) is 194 Å². The van der Waals surface area contributed by atoms with Crippen molar-refractivity contribution in [3.8, 4) is 122 Å². The van der Waals surface area contributed by atoms with E-state index in [1.807, 2.05) is 34.0 Å². The summed E-state index contributed by atoms with van der Waals surface area (Å²) in [6.07, 6.45) is 0. The highest BCUT2D eigenvalue weighted by atomic mass is 32.1. The van der Waals surface area contributed by atoms with Gasteiger partial charge < -0.3 is 14.7 Å². The Balaban J connectivity index is 0.000000116. The highest BCUT2D eigenvalue weighted by Gasteiger charge is 2.23. The Kier molecular flexibility index (Phi) is 25.3. The van der Waals surface area contributed by atoms with Crippen LogP contribution in [-0.2, 0) is 0 Å². The maximum absolute atomic E-state index is 2.39. The van der Waals surface area contributed by atoms with E-state index in [2.05, 4.69) is 603 Å². The van der Waals surface area contributed by atoms with Gasteiger partial charge in [-0.1, -0.05) is 419 Å². The molecule has 27 aromatic rings. The monoisotopic (exact) mass is 1940 g/mol. The molecule has 0 saturated carbocycles. The third-order valence-electron chi connectivity index (χ3n) is 28.2. The Labute approximate surface area is 875 Å². The molecule has 148 heavy (non-hydrogen) atoms. The molecule has 3 nitrogen and oxygen atoms in total. The minimum absolute atomic E-state index is 1.11. The number of hydrogen-bond donors (Lipinski definition) is 0. The van der Waals surface area contributed by atoms with E-state index >= 15 is 0 Å². The smallest absolute Gasteiger partial charge is 0.0462 e. The first kappa shape index (κ1) is 90.8. The molecule has 0 aliphatic carbocycles. The standard InChI is InChI=1S/C52H35NS.C48H33NS.C42H29NS/c1-3-11-36(12-4-1)38-19-21-39(22-20-38)40-25-29-46(30-26-40)53(45-15-5-2-6-16-45)47-31-27-41(28-32-47)49-34-44(43-24-23-37-13-7-8-14-42(37)33-43)35-50-48-17-9-10-18-51(48)54-52(49)50;1-4-12-34(13-5-1)36-20-22-38(23-21-36)40-32-45(48-46(33-40)44-18-10-11-19-47(44)50-48)39-26-30-43(31-27-39)49(41-16-8-3-9-17-41)42-28-24-37(25-29-42)35-14-6-2-7-15-35;1-4-12-30(13-5-1)31-20-22-32(23-21-31)34-28-39(42-40(29-34)38-18-10-11-19-41(38)44-42)33-24-26-37(27-25-33)43(35-14-6-2-7-15-35)36-16-8-3-9-17-36/h1-35H;1-33H;1-29H. The lowest BCUT2D eigenvalue weighted by molar-refractivity contribution is 1.28. The Morgan fingerprint density at radius 2 is 0.291 bits per heavy atom. The second kappa shape index (κ2) is 41.1. The average molecular weight is 1940 g/mol. The fraction of sp³-hybridized carbons (Fsp3) is 0. The van der Waals surface area contributed by atoms with Gasteiger partial charge in [0, 0.05) is 128 Å². The van der Waals surface area contributed by atoms with Crippen LogP contribution in [0.1, 0.15) is 0 Å². The molecule has 0 aliphatic heterocycles. The van der Waals surface area contributed by atoms with Gasteiger partial charge in [0.25, 0.3) is 0 Å². The number of para-hydroxylation sites is 4. The van der Waals surface area contributed by atoms with Crippen molar-refractivity contribution in [3.05, 3.63) is 588 Å². The van der Waals surface area contributed by atoms with Crippen LogP contribution in [0.15, 0.2) is 588 Å². The second-order valence-corrected chi connectivity index (χ2v) is 40.5.